The molecule has 3 N–H and O–H groups in total. The Morgan fingerprint density at radius 2 is 2.16 bits per heavy atom. The summed E-state index contributed by atoms with van der Waals surface area (Å²) in [5, 5.41) is 13.4. The molecule has 1 aromatic heterocycles. The van der Waals surface area contributed by atoms with Crippen LogP contribution in [0.4, 0.5) is 27.4 Å². The Balaban J connectivity index is 2.40. The number of halogens is 2. The van der Waals surface area contributed by atoms with Crippen LogP contribution in [-0.2, 0) is 0 Å². The van der Waals surface area contributed by atoms with E-state index < -0.39 is 16.4 Å². The van der Waals surface area contributed by atoms with E-state index in [1.165, 1.54) is 12.1 Å². The van der Waals surface area contributed by atoms with E-state index in [4.69, 9.17) is 17.3 Å². The Hall–Kier alpha value is -2.48. The van der Waals surface area contributed by atoms with Gasteiger partial charge in [-0.2, -0.15) is 0 Å². The second kappa shape index (κ2) is 5.02. The van der Waals surface area contributed by atoms with Crippen LogP contribution in [0, 0.1) is 15.9 Å². The van der Waals surface area contributed by atoms with Gasteiger partial charge in [0.15, 0.2) is 0 Å². The molecule has 98 valence electrons. The van der Waals surface area contributed by atoms with E-state index in [-0.39, 0.29) is 16.7 Å². The Labute approximate surface area is 111 Å². The van der Waals surface area contributed by atoms with Crippen LogP contribution in [0.25, 0.3) is 0 Å². The normalized spacial score (nSPS) is 10.2. The van der Waals surface area contributed by atoms with Gasteiger partial charge in [-0.25, -0.2) is 14.4 Å². The van der Waals surface area contributed by atoms with Crippen molar-refractivity contribution in [2.45, 2.75) is 0 Å². The Bertz CT molecular complexity index is 652. The summed E-state index contributed by atoms with van der Waals surface area (Å²) in [5.41, 5.74) is 5.30. The standard InChI is InChI=1S/C10H7ClFN5O2/c11-6-3-5(1-2-7(6)12)16-10-8(17(18)19)9(13)14-4-15-10/h1-4H,(H3,13,14,15,16). The van der Waals surface area contributed by atoms with Crippen molar-refractivity contribution in [3.8, 4) is 0 Å². The summed E-state index contributed by atoms with van der Waals surface area (Å²) >= 11 is 5.61. The maximum Gasteiger partial charge on any atom is 0.353 e. The van der Waals surface area contributed by atoms with Crippen molar-refractivity contribution < 1.29 is 9.31 Å². The SMILES string of the molecule is Nc1ncnc(Nc2ccc(F)c(Cl)c2)c1[N+](=O)[O-]. The smallest absolute Gasteiger partial charge is 0.353 e. The lowest BCUT2D eigenvalue weighted by Crippen LogP contribution is -2.05. The monoisotopic (exact) mass is 283 g/mol. The van der Waals surface area contributed by atoms with Crippen molar-refractivity contribution >= 4 is 34.6 Å². The van der Waals surface area contributed by atoms with Crippen LogP contribution in [0.1, 0.15) is 0 Å². The number of rotatable bonds is 3. The van der Waals surface area contributed by atoms with Crippen LogP contribution in [0.2, 0.25) is 5.02 Å². The van der Waals surface area contributed by atoms with Crippen molar-refractivity contribution in [2.24, 2.45) is 0 Å². The van der Waals surface area contributed by atoms with Gasteiger partial charge in [0.25, 0.3) is 0 Å². The molecule has 7 nitrogen and oxygen atoms in total. The van der Waals surface area contributed by atoms with E-state index in [9.17, 15) is 14.5 Å². The van der Waals surface area contributed by atoms with Gasteiger partial charge in [-0.05, 0) is 18.2 Å². The second-order valence-corrected chi connectivity index (χ2v) is 3.87. The van der Waals surface area contributed by atoms with Crippen molar-refractivity contribution in [1.82, 2.24) is 9.97 Å². The second-order valence-electron chi connectivity index (χ2n) is 3.47. The number of benzene rings is 1. The average molecular weight is 284 g/mol. The third kappa shape index (κ3) is 2.68. The summed E-state index contributed by atoms with van der Waals surface area (Å²) < 4.78 is 13.0. The number of anilines is 3. The Morgan fingerprint density at radius 1 is 1.42 bits per heavy atom. The fourth-order valence-electron chi connectivity index (χ4n) is 1.37. The molecule has 0 bridgehead atoms. The molecule has 0 radical (unpaired) electrons. The first-order valence-electron chi connectivity index (χ1n) is 4.96. The molecule has 1 aromatic carbocycles. The van der Waals surface area contributed by atoms with Crippen molar-refractivity contribution in [3.05, 3.63) is 45.5 Å². The van der Waals surface area contributed by atoms with Gasteiger partial charge in [-0.1, -0.05) is 11.6 Å². The molecule has 0 fully saturated rings. The number of nitrogens with zero attached hydrogens (tertiary/aromatic N) is 3. The Kier molecular flexibility index (Phi) is 3.43. The third-order valence-corrected chi connectivity index (χ3v) is 2.51. The van der Waals surface area contributed by atoms with Crippen LogP contribution in [0.5, 0.6) is 0 Å². The lowest BCUT2D eigenvalue weighted by atomic mass is 10.3. The van der Waals surface area contributed by atoms with E-state index in [0.717, 1.165) is 12.4 Å². The fraction of sp³-hybridized carbons (Fsp3) is 0. The van der Waals surface area contributed by atoms with Gasteiger partial charge < -0.3 is 11.1 Å². The molecule has 0 saturated heterocycles. The Morgan fingerprint density at radius 3 is 2.79 bits per heavy atom. The molecule has 2 aromatic rings. The number of hydrogen-bond acceptors (Lipinski definition) is 6. The molecule has 0 unspecified atom stereocenters. The summed E-state index contributed by atoms with van der Waals surface area (Å²) in [6.45, 7) is 0. The highest BCUT2D eigenvalue weighted by Gasteiger charge is 2.21. The molecular formula is C10H7ClFN5O2. The first kappa shape index (κ1) is 13.0. The minimum absolute atomic E-state index is 0.0971. The molecule has 1 heterocycles. The highest BCUT2D eigenvalue weighted by molar-refractivity contribution is 6.31. The molecule has 0 aliphatic carbocycles. The van der Waals surface area contributed by atoms with E-state index in [0.29, 0.717) is 5.69 Å². The number of nitrogen functional groups attached to an aromatic ring is 1. The fourth-order valence-corrected chi connectivity index (χ4v) is 1.56. The van der Waals surface area contributed by atoms with Crippen LogP contribution >= 0.6 is 11.6 Å². The lowest BCUT2D eigenvalue weighted by molar-refractivity contribution is -0.383. The van der Waals surface area contributed by atoms with Gasteiger partial charge >= 0.3 is 5.69 Å². The van der Waals surface area contributed by atoms with Crippen molar-refractivity contribution in [2.75, 3.05) is 11.1 Å². The first-order valence-corrected chi connectivity index (χ1v) is 5.34. The highest BCUT2D eigenvalue weighted by Crippen LogP contribution is 2.30. The molecule has 2 rings (SSSR count). The molecule has 0 saturated carbocycles. The van der Waals surface area contributed by atoms with Gasteiger partial charge in [0.2, 0.25) is 11.6 Å². The van der Waals surface area contributed by atoms with Gasteiger partial charge in [-0.3, -0.25) is 10.1 Å². The van der Waals surface area contributed by atoms with Crippen molar-refractivity contribution in [3.63, 3.8) is 0 Å². The summed E-state index contributed by atoms with van der Waals surface area (Å²) in [6.07, 6.45) is 1.08. The number of nitrogens with two attached hydrogens (primary N) is 1. The minimum Gasteiger partial charge on any atom is -0.378 e. The predicted molar refractivity (Wildman–Crippen MR) is 67.8 cm³/mol. The summed E-state index contributed by atoms with van der Waals surface area (Å²) in [5.74, 6) is -0.959. The maximum atomic E-state index is 13.0. The lowest BCUT2D eigenvalue weighted by Gasteiger charge is -2.07. The average Bonchev–Trinajstić information content (AvgIpc) is 2.33. The zero-order valence-electron chi connectivity index (χ0n) is 9.30. The number of nitro groups is 1. The molecule has 0 aliphatic heterocycles. The van der Waals surface area contributed by atoms with Crippen LogP contribution in [-0.4, -0.2) is 14.9 Å². The predicted octanol–water partition coefficient (Wildman–Crippen LogP) is 2.50. The molecule has 0 spiro atoms. The maximum absolute atomic E-state index is 13.0. The van der Waals surface area contributed by atoms with Crippen LogP contribution in [0.3, 0.4) is 0 Å². The molecule has 0 atom stereocenters. The van der Waals surface area contributed by atoms with Gasteiger partial charge in [0.1, 0.15) is 12.1 Å². The van der Waals surface area contributed by atoms with Gasteiger partial charge in [0.05, 0.1) is 9.95 Å². The van der Waals surface area contributed by atoms with Gasteiger partial charge in [-0.15, -0.1) is 0 Å². The minimum atomic E-state index is -0.706. The number of hydrogen-bond donors (Lipinski definition) is 2. The largest absolute Gasteiger partial charge is 0.378 e. The number of nitrogens with one attached hydrogen (secondary N) is 1. The van der Waals surface area contributed by atoms with Crippen molar-refractivity contribution in [1.29, 1.82) is 0 Å². The molecular weight excluding hydrogens is 277 g/mol. The first-order chi connectivity index (χ1) is 8.99. The van der Waals surface area contributed by atoms with E-state index in [1.807, 2.05) is 0 Å². The topological polar surface area (TPSA) is 107 Å². The summed E-state index contributed by atoms with van der Waals surface area (Å²) in [6, 6.07) is 3.77. The summed E-state index contributed by atoms with van der Waals surface area (Å²) in [7, 11) is 0. The highest BCUT2D eigenvalue weighted by atomic mass is 35.5. The van der Waals surface area contributed by atoms with E-state index >= 15 is 0 Å². The van der Waals surface area contributed by atoms with E-state index in [2.05, 4.69) is 15.3 Å². The van der Waals surface area contributed by atoms with Crippen LogP contribution < -0.4 is 11.1 Å². The van der Waals surface area contributed by atoms with Crippen LogP contribution in [0.15, 0.2) is 24.5 Å². The zero-order chi connectivity index (χ0) is 14.0. The molecule has 0 aliphatic rings. The molecule has 19 heavy (non-hydrogen) atoms. The third-order valence-electron chi connectivity index (χ3n) is 2.22. The quantitative estimate of drug-likeness (QED) is 0.662. The zero-order valence-corrected chi connectivity index (χ0v) is 10.1. The molecule has 9 heteroatoms. The van der Waals surface area contributed by atoms with E-state index in [1.54, 1.807) is 0 Å². The van der Waals surface area contributed by atoms with Gasteiger partial charge in [0, 0.05) is 5.69 Å². The summed E-state index contributed by atoms with van der Waals surface area (Å²) in [4.78, 5) is 17.4. The number of aromatic nitrogens is 2. The molecule has 0 amide bonds.